The lowest BCUT2D eigenvalue weighted by molar-refractivity contribution is -0.137. The van der Waals surface area contributed by atoms with Gasteiger partial charge in [0, 0.05) is 41.1 Å². The van der Waals surface area contributed by atoms with E-state index in [9.17, 15) is 22.2 Å². The molecule has 2 aromatic rings. The van der Waals surface area contributed by atoms with E-state index in [4.69, 9.17) is 0 Å². The molecule has 0 radical (unpaired) electrons. The first-order chi connectivity index (χ1) is 11.2. The second-order valence-corrected chi connectivity index (χ2v) is 6.71. The maximum atomic E-state index is 12.5. The first kappa shape index (κ1) is 18.2. The van der Waals surface area contributed by atoms with Crippen LogP contribution in [0.2, 0.25) is 0 Å². The van der Waals surface area contributed by atoms with Crippen LogP contribution in [0.3, 0.4) is 0 Å². The summed E-state index contributed by atoms with van der Waals surface area (Å²) in [5, 5.41) is 0. The van der Waals surface area contributed by atoms with Gasteiger partial charge in [-0.2, -0.15) is 13.2 Å². The average molecular weight is 355 g/mol. The first-order valence-electron chi connectivity index (χ1n) is 7.03. The molecule has 0 heterocycles. The van der Waals surface area contributed by atoms with Crippen molar-refractivity contribution in [1.82, 2.24) is 4.90 Å². The summed E-state index contributed by atoms with van der Waals surface area (Å²) in [7, 11) is 0.456. The van der Waals surface area contributed by atoms with Crippen LogP contribution in [0, 0.1) is 0 Å². The maximum absolute atomic E-state index is 12.5. The van der Waals surface area contributed by atoms with Gasteiger partial charge in [-0.1, -0.05) is 12.1 Å². The van der Waals surface area contributed by atoms with Crippen LogP contribution in [0.15, 0.2) is 53.4 Å². The van der Waals surface area contributed by atoms with Gasteiger partial charge < -0.3 is 4.90 Å². The third-order valence-electron chi connectivity index (χ3n) is 3.48. The number of carbonyl (C=O) groups excluding carboxylic acids is 1. The molecule has 128 valence electrons. The molecule has 0 saturated heterocycles. The molecular formula is C17H16F3NO2S. The van der Waals surface area contributed by atoms with Crippen LogP contribution in [-0.4, -0.2) is 28.3 Å². The van der Waals surface area contributed by atoms with Crippen molar-refractivity contribution in [2.24, 2.45) is 0 Å². The lowest BCUT2D eigenvalue weighted by Crippen LogP contribution is -2.26. The van der Waals surface area contributed by atoms with Gasteiger partial charge in [0.2, 0.25) is 0 Å². The molecule has 3 nitrogen and oxygen atoms in total. The van der Waals surface area contributed by atoms with Crippen LogP contribution < -0.4 is 0 Å². The van der Waals surface area contributed by atoms with Crippen LogP contribution in [0.4, 0.5) is 13.2 Å². The Morgan fingerprint density at radius 2 is 1.58 bits per heavy atom. The van der Waals surface area contributed by atoms with Crippen LogP contribution in [0.5, 0.6) is 0 Å². The molecule has 1 unspecified atom stereocenters. The van der Waals surface area contributed by atoms with Crippen molar-refractivity contribution >= 4 is 16.7 Å². The van der Waals surface area contributed by atoms with Crippen molar-refractivity contribution in [2.75, 3.05) is 13.3 Å². The van der Waals surface area contributed by atoms with Crippen molar-refractivity contribution in [2.45, 2.75) is 17.6 Å². The Kier molecular flexibility index (Phi) is 5.43. The molecule has 0 bridgehead atoms. The lowest BCUT2D eigenvalue weighted by atomic mass is 10.1. The van der Waals surface area contributed by atoms with Crippen LogP contribution in [0.1, 0.15) is 21.5 Å². The molecular weight excluding hydrogens is 339 g/mol. The minimum atomic E-state index is -4.37. The zero-order valence-electron chi connectivity index (χ0n) is 13.1. The van der Waals surface area contributed by atoms with Gasteiger partial charge in [-0.25, -0.2) is 0 Å². The molecule has 1 amide bonds. The second kappa shape index (κ2) is 7.17. The van der Waals surface area contributed by atoms with E-state index in [1.165, 1.54) is 17.0 Å². The number of hydrogen-bond donors (Lipinski definition) is 0. The molecule has 0 aliphatic heterocycles. The molecule has 2 aromatic carbocycles. The van der Waals surface area contributed by atoms with E-state index >= 15 is 0 Å². The van der Waals surface area contributed by atoms with E-state index in [0.29, 0.717) is 16.0 Å². The number of benzene rings is 2. The fourth-order valence-electron chi connectivity index (χ4n) is 2.15. The standard InChI is InChI=1S/C17H16F3NO2S/c1-21(11-12-3-7-14(8-4-12)17(18,19)20)16(22)13-5-9-15(10-6-13)24(2)23/h3-10H,11H2,1-2H3. The molecule has 0 spiro atoms. The van der Waals surface area contributed by atoms with Gasteiger partial charge in [0.25, 0.3) is 5.91 Å². The number of alkyl halides is 3. The Bertz CT molecular complexity index is 740. The van der Waals surface area contributed by atoms with Crippen LogP contribution >= 0.6 is 0 Å². The smallest absolute Gasteiger partial charge is 0.337 e. The van der Waals surface area contributed by atoms with Crippen molar-refractivity contribution in [3.63, 3.8) is 0 Å². The minimum Gasteiger partial charge on any atom is -0.337 e. The Balaban J connectivity index is 2.07. The summed E-state index contributed by atoms with van der Waals surface area (Å²) in [5.41, 5.74) is 0.312. The van der Waals surface area contributed by atoms with Crippen molar-refractivity contribution in [3.8, 4) is 0 Å². The lowest BCUT2D eigenvalue weighted by Gasteiger charge is -2.18. The molecule has 0 aromatic heterocycles. The molecule has 0 aliphatic rings. The van der Waals surface area contributed by atoms with Crippen LogP contribution in [0.25, 0.3) is 0 Å². The number of carbonyl (C=O) groups is 1. The highest BCUT2D eigenvalue weighted by molar-refractivity contribution is 7.84. The minimum absolute atomic E-state index is 0.193. The van der Waals surface area contributed by atoms with Crippen molar-refractivity contribution in [1.29, 1.82) is 0 Å². The van der Waals surface area contributed by atoms with Gasteiger partial charge in [-0.3, -0.25) is 9.00 Å². The largest absolute Gasteiger partial charge is 0.416 e. The van der Waals surface area contributed by atoms with Gasteiger partial charge in [0.1, 0.15) is 0 Å². The second-order valence-electron chi connectivity index (χ2n) is 5.33. The third kappa shape index (κ3) is 4.44. The Morgan fingerprint density at radius 3 is 2.04 bits per heavy atom. The van der Waals surface area contributed by atoms with Gasteiger partial charge >= 0.3 is 6.18 Å². The Hall–Kier alpha value is -2.15. The summed E-state index contributed by atoms with van der Waals surface area (Å²) in [6.07, 6.45) is -2.82. The predicted molar refractivity (Wildman–Crippen MR) is 86.0 cm³/mol. The molecule has 24 heavy (non-hydrogen) atoms. The molecule has 1 atom stereocenters. The number of halogens is 3. The molecule has 2 rings (SSSR count). The highest BCUT2D eigenvalue weighted by Crippen LogP contribution is 2.29. The van der Waals surface area contributed by atoms with Crippen molar-refractivity contribution in [3.05, 3.63) is 65.2 Å². The highest BCUT2D eigenvalue weighted by Gasteiger charge is 2.30. The molecule has 0 aliphatic carbocycles. The summed E-state index contributed by atoms with van der Waals surface area (Å²) >= 11 is 0. The summed E-state index contributed by atoms with van der Waals surface area (Å²) < 4.78 is 48.9. The van der Waals surface area contributed by atoms with Gasteiger partial charge in [0.15, 0.2) is 0 Å². The molecule has 0 saturated carbocycles. The van der Waals surface area contributed by atoms with Gasteiger partial charge in [-0.15, -0.1) is 0 Å². The maximum Gasteiger partial charge on any atom is 0.416 e. The third-order valence-corrected chi connectivity index (χ3v) is 4.42. The Morgan fingerprint density at radius 1 is 1.04 bits per heavy atom. The molecule has 0 fully saturated rings. The first-order valence-corrected chi connectivity index (χ1v) is 8.59. The van der Waals surface area contributed by atoms with E-state index in [-0.39, 0.29) is 12.5 Å². The van der Waals surface area contributed by atoms with E-state index in [2.05, 4.69) is 0 Å². The number of nitrogens with zero attached hydrogens (tertiary/aromatic N) is 1. The van der Waals surface area contributed by atoms with E-state index in [0.717, 1.165) is 12.1 Å². The Labute approximate surface area is 140 Å². The predicted octanol–water partition coefficient (Wildman–Crippen LogP) is 3.72. The van der Waals surface area contributed by atoms with E-state index < -0.39 is 22.5 Å². The van der Waals surface area contributed by atoms with E-state index in [1.807, 2.05) is 0 Å². The summed E-state index contributed by atoms with van der Waals surface area (Å²) in [6.45, 7) is 0.193. The van der Waals surface area contributed by atoms with Crippen LogP contribution in [-0.2, 0) is 23.5 Å². The quantitative estimate of drug-likeness (QED) is 0.838. The SMILES string of the molecule is CN(Cc1ccc(C(F)(F)F)cc1)C(=O)c1ccc(S(C)=O)cc1. The van der Waals surface area contributed by atoms with Gasteiger partial charge in [-0.05, 0) is 42.0 Å². The average Bonchev–Trinajstić information content (AvgIpc) is 2.54. The molecule has 7 heteroatoms. The molecule has 0 N–H and O–H groups in total. The zero-order chi connectivity index (χ0) is 17.9. The number of hydrogen-bond acceptors (Lipinski definition) is 2. The summed E-state index contributed by atoms with van der Waals surface area (Å²) in [5.74, 6) is -0.261. The highest BCUT2D eigenvalue weighted by atomic mass is 32.2. The number of rotatable bonds is 4. The topological polar surface area (TPSA) is 37.4 Å². The van der Waals surface area contributed by atoms with E-state index in [1.54, 1.807) is 37.6 Å². The summed E-state index contributed by atoms with van der Waals surface area (Å²) in [6, 6.07) is 11.1. The number of amides is 1. The monoisotopic (exact) mass is 355 g/mol. The summed E-state index contributed by atoms with van der Waals surface area (Å²) in [4.78, 5) is 14.4. The zero-order valence-corrected chi connectivity index (χ0v) is 13.9. The van der Waals surface area contributed by atoms with Gasteiger partial charge in [0.05, 0.1) is 5.56 Å². The van der Waals surface area contributed by atoms with Crippen molar-refractivity contribution < 1.29 is 22.2 Å². The fourth-order valence-corrected chi connectivity index (χ4v) is 2.67. The normalized spacial score (nSPS) is 12.7. The fraction of sp³-hybridized carbons (Fsp3) is 0.235.